The van der Waals surface area contributed by atoms with Gasteiger partial charge in [-0.25, -0.2) is 4.79 Å². The summed E-state index contributed by atoms with van der Waals surface area (Å²) >= 11 is 0. The molecule has 14 heteroatoms. The Bertz CT molecular complexity index is 1780. The van der Waals surface area contributed by atoms with E-state index in [1.165, 1.54) is 6.92 Å². The third-order valence-electron chi connectivity index (χ3n) is 8.10. The summed E-state index contributed by atoms with van der Waals surface area (Å²) in [6, 6.07) is 8.46. The summed E-state index contributed by atoms with van der Waals surface area (Å²) in [5, 5.41) is 21.3. The summed E-state index contributed by atoms with van der Waals surface area (Å²) in [4.78, 5) is 49.9. The van der Waals surface area contributed by atoms with Crippen LogP contribution in [0.3, 0.4) is 0 Å². The molecule has 14 nitrogen and oxygen atoms in total. The van der Waals surface area contributed by atoms with E-state index in [9.17, 15) is 29.4 Å². The number of aliphatic hydroxyl groups is 2. The number of ether oxygens (including phenoxy) is 8. The van der Waals surface area contributed by atoms with Gasteiger partial charge >= 0.3 is 23.9 Å². The van der Waals surface area contributed by atoms with Crippen LogP contribution < -0.4 is 14.2 Å². The molecule has 5 atom stereocenters. The van der Waals surface area contributed by atoms with Gasteiger partial charge in [-0.15, -0.1) is 0 Å². The first-order valence-electron chi connectivity index (χ1n) is 14.8. The lowest BCUT2D eigenvalue weighted by molar-refractivity contribution is -0.280. The molecule has 0 saturated carbocycles. The van der Waals surface area contributed by atoms with Crippen molar-refractivity contribution in [3.63, 3.8) is 0 Å². The minimum Gasteiger partial charge on any atom is -0.460 e. The molecule has 1 saturated heterocycles. The molecule has 1 fully saturated rings. The van der Waals surface area contributed by atoms with E-state index in [1.807, 2.05) is 0 Å². The Kier molecular flexibility index (Phi) is 8.66. The van der Waals surface area contributed by atoms with E-state index in [0.717, 1.165) is 13.8 Å². The summed E-state index contributed by atoms with van der Waals surface area (Å²) in [7, 11) is 0. The fourth-order valence-electron chi connectivity index (χ4n) is 6.18. The smallest absolute Gasteiger partial charge is 0.339 e. The molecule has 2 N–H and O–H groups in total. The van der Waals surface area contributed by atoms with Crippen LogP contribution in [0.15, 0.2) is 30.3 Å². The van der Waals surface area contributed by atoms with Gasteiger partial charge in [0, 0.05) is 37.3 Å². The molecule has 3 aliphatic rings. The second kappa shape index (κ2) is 12.7. The topological polar surface area (TPSA) is 183 Å². The minimum atomic E-state index is -1.44. The highest BCUT2D eigenvalue weighted by atomic mass is 16.7. The Labute approximate surface area is 267 Å². The van der Waals surface area contributed by atoms with Gasteiger partial charge in [-0.1, -0.05) is 6.07 Å². The van der Waals surface area contributed by atoms with E-state index in [2.05, 4.69) is 0 Å². The van der Waals surface area contributed by atoms with Crippen LogP contribution in [-0.4, -0.2) is 71.6 Å². The van der Waals surface area contributed by atoms with Crippen molar-refractivity contribution < 1.29 is 67.3 Å². The molecular weight excluding hydrogens is 620 g/mol. The highest BCUT2D eigenvalue weighted by molar-refractivity contribution is 6.13. The molecule has 0 aliphatic carbocycles. The molecule has 3 heterocycles. The molecule has 0 aromatic heterocycles. The number of hydrogen-bond acceptors (Lipinski definition) is 14. The van der Waals surface area contributed by atoms with Crippen molar-refractivity contribution in [1.29, 1.82) is 0 Å². The van der Waals surface area contributed by atoms with Crippen LogP contribution in [0.4, 0.5) is 0 Å². The molecule has 1 unspecified atom stereocenters. The maximum atomic E-state index is 13.4. The normalized spacial score (nSPS) is 22.8. The van der Waals surface area contributed by atoms with Crippen molar-refractivity contribution in [2.75, 3.05) is 6.79 Å². The number of esters is 4. The van der Waals surface area contributed by atoms with Crippen molar-refractivity contribution in [1.82, 2.24) is 0 Å². The number of cyclic esters (lactones) is 1. The number of carbonyl (C=O) groups is 4. The summed E-state index contributed by atoms with van der Waals surface area (Å²) in [6.07, 6.45) is -6.27. The number of benzene rings is 3. The molecule has 0 spiro atoms. The van der Waals surface area contributed by atoms with Gasteiger partial charge in [-0.05, 0) is 53.3 Å². The maximum Gasteiger partial charge on any atom is 0.339 e. The lowest BCUT2D eigenvalue weighted by Crippen LogP contribution is -2.62. The zero-order chi connectivity index (χ0) is 33.6. The van der Waals surface area contributed by atoms with Crippen LogP contribution in [0.25, 0.3) is 21.9 Å². The molecule has 0 amide bonds. The molecule has 47 heavy (non-hydrogen) atoms. The Morgan fingerprint density at radius 1 is 0.787 bits per heavy atom. The summed E-state index contributed by atoms with van der Waals surface area (Å²) in [6.45, 7) is 4.04. The predicted octanol–water partition coefficient (Wildman–Crippen LogP) is 2.81. The van der Waals surface area contributed by atoms with Gasteiger partial charge in [0.15, 0.2) is 23.7 Å². The van der Waals surface area contributed by atoms with E-state index in [4.69, 9.17) is 37.9 Å². The standard InChI is InChI=1S/C33H32O14/c1-14-28(44-15(2)36)30(45-16(3)37)31(46-17(4)38)33(43-14)47-29-22-8-20(11-35)19(10-34)7-21(22)26(27-23(29)12-40-32(27)39)18-5-6-24-25(9-18)42-13-41-24/h5-9,14,28,30-31,33-35H,10-13H2,1-4H3/t14-,28+,30+,31-,33?/m0/s1. The molecular formula is C33H32O14. The van der Waals surface area contributed by atoms with Crippen LogP contribution in [0.1, 0.15) is 54.7 Å². The van der Waals surface area contributed by atoms with Crippen LogP contribution in [0.5, 0.6) is 17.2 Å². The zero-order valence-electron chi connectivity index (χ0n) is 25.9. The fraction of sp³-hybridized carbons (Fsp3) is 0.394. The van der Waals surface area contributed by atoms with Crippen molar-refractivity contribution in [3.8, 4) is 28.4 Å². The van der Waals surface area contributed by atoms with Crippen LogP contribution in [0, 0.1) is 0 Å². The summed E-state index contributed by atoms with van der Waals surface area (Å²) < 4.78 is 45.7. The molecule has 3 aliphatic heterocycles. The second-order valence-electron chi connectivity index (χ2n) is 11.2. The highest BCUT2D eigenvalue weighted by Gasteiger charge is 2.52. The first-order valence-corrected chi connectivity index (χ1v) is 14.8. The van der Waals surface area contributed by atoms with E-state index in [-0.39, 0.29) is 24.7 Å². The van der Waals surface area contributed by atoms with Crippen LogP contribution in [0.2, 0.25) is 0 Å². The number of carbonyl (C=O) groups excluding carboxylic acids is 4. The maximum absolute atomic E-state index is 13.4. The second-order valence-corrected chi connectivity index (χ2v) is 11.2. The summed E-state index contributed by atoms with van der Waals surface area (Å²) in [5.41, 5.74) is 2.34. The van der Waals surface area contributed by atoms with Crippen molar-refractivity contribution in [3.05, 3.63) is 52.6 Å². The Hall–Kier alpha value is -4.92. The lowest BCUT2D eigenvalue weighted by Gasteiger charge is -2.43. The van der Waals surface area contributed by atoms with Crippen molar-refractivity contribution >= 4 is 34.6 Å². The zero-order valence-corrected chi connectivity index (χ0v) is 25.9. The molecule has 3 aromatic rings. The third-order valence-corrected chi connectivity index (χ3v) is 8.10. The van der Waals surface area contributed by atoms with Gasteiger partial charge in [0.1, 0.15) is 12.4 Å². The van der Waals surface area contributed by atoms with Crippen molar-refractivity contribution in [2.45, 2.75) is 78.2 Å². The average molecular weight is 653 g/mol. The first-order chi connectivity index (χ1) is 22.5. The van der Waals surface area contributed by atoms with Gasteiger partial charge in [0.25, 0.3) is 0 Å². The third kappa shape index (κ3) is 5.90. The van der Waals surface area contributed by atoms with E-state index in [1.54, 1.807) is 37.3 Å². The van der Waals surface area contributed by atoms with E-state index in [0.29, 0.717) is 50.1 Å². The fourth-order valence-corrected chi connectivity index (χ4v) is 6.18. The molecule has 3 aromatic carbocycles. The Morgan fingerprint density at radius 2 is 1.40 bits per heavy atom. The predicted molar refractivity (Wildman–Crippen MR) is 158 cm³/mol. The number of aliphatic hydroxyl groups excluding tert-OH is 2. The van der Waals surface area contributed by atoms with E-state index < -0.39 is 67.8 Å². The van der Waals surface area contributed by atoms with Gasteiger partial charge in [0.05, 0.1) is 24.9 Å². The molecule has 0 radical (unpaired) electrons. The summed E-state index contributed by atoms with van der Waals surface area (Å²) in [5.74, 6) is -1.71. The van der Waals surface area contributed by atoms with Gasteiger partial charge in [0.2, 0.25) is 19.2 Å². The molecule has 6 rings (SSSR count). The average Bonchev–Trinajstić information content (AvgIpc) is 3.65. The lowest BCUT2D eigenvalue weighted by atomic mass is 9.87. The highest BCUT2D eigenvalue weighted by Crippen LogP contribution is 2.48. The van der Waals surface area contributed by atoms with Gasteiger partial charge in [-0.2, -0.15) is 0 Å². The number of rotatable bonds is 8. The van der Waals surface area contributed by atoms with Crippen molar-refractivity contribution in [2.24, 2.45) is 0 Å². The Morgan fingerprint density at radius 3 is 2.06 bits per heavy atom. The first kappa shape index (κ1) is 32.0. The van der Waals surface area contributed by atoms with Gasteiger partial charge < -0.3 is 48.1 Å². The molecule has 0 bridgehead atoms. The monoisotopic (exact) mass is 652 g/mol. The quantitative estimate of drug-likeness (QED) is 0.268. The largest absolute Gasteiger partial charge is 0.460 e. The minimum absolute atomic E-state index is 0.0386. The number of hydrogen-bond donors (Lipinski definition) is 2. The molecule has 248 valence electrons. The van der Waals surface area contributed by atoms with E-state index >= 15 is 0 Å². The Balaban J connectivity index is 1.56. The van der Waals surface area contributed by atoms with Gasteiger partial charge in [-0.3, -0.25) is 14.4 Å². The number of fused-ring (bicyclic) bond motifs is 3. The van der Waals surface area contributed by atoms with Crippen LogP contribution >= 0.6 is 0 Å². The van der Waals surface area contributed by atoms with Crippen LogP contribution in [-0.2, 0) is 57.9 Å². The SMILES string of the molecule is CC(=O)O[C@@H]1[C@H](OC(C)=O)[C@H](C)OC(Oc2c3c(c(-c4ccc5c(c4)OCO5)c4cc(CO)c(CO)cc24)C(=O)OC3)[C@H]1OC(C)=O.